The molecule has 0 spiro atoms. The summed E-state index contributed by atoms with van der Waals surface area (Å²) in [5.41, 5.74) is 0.817. The molecule has 0 aliphatic heterocycles. The van der Waals surface area contributed by atoms with Gasteiger partial charge in [-0.1, -0.05) is 15.9 Å². The number of ether oxygens (including phenoxy) is 1. The molecule has 0 aliphatic carbocycles. The molecule has 2 aromatic carbocycles. The molecular formula is C15H13BrO4S. The van der Waals surface area contributed by atoms with Crippen LogP contribution >= 0.6 is 15.9 Å². The van der Waals surface area contributed by atoms with E-state index in [9.17, 15) is 13.2 Å². The predicted molar refractivity (Wildman–Crippen MR) is 83.7 cm³/mol. The molecule has 0 atom stereocenters. The van der Waals surface area contributed by atoms with Gasteiger partial charge >= 0.3 is 0 Å². The molecule has 0 aromatic heterocycles. The van der Waals surface area contributed by atoms with Gasteiger partial charge in [0.2, 0.25) is 0 Å². The van der Waals surface area contributed by atoms with Crippen LogP contribution in [0.5, 0.6) is 5.75 Å². The zero-order valence-corrected chi connectivity index (χ0v) is 13.9. The van der Waals surface area contributed by atoms with Crippen molar-refractivity contribution in [1.82, 2.24) is 0 Å². The number of ketones is 1. The average Bonchev–Trinajstić information content (AvgIpc) is 2.45. The van der Waals surface area contributed by atoms with Gasteiger partial charge in [-0.15, -0.1) is 0 Å². The number of methoxy groups -OCH3 is 1. The van der Waals surface area contributed by atoms with Gasteiger partial charge in [-0.05, 0) is 42.5 Å². The third-order valence-corrected chi connectivity index (χ3v) is 4.57. The van der Waals surface area contributed by atoms with Gasteiger partial charge in [0.1, 0.15) is 5.75 Å². The van der Waals surface area contributed by atoms with E-state index in [1.54, 1.807) is 18.2 Å². The first-order valence-electron chi connectivity index (χ1n) is 6.01. The number of hydrogen-bond donors (Lipinski definition) is 0. The smallest absolute Gasteiger partial charge is 0.196 e. The van der Waals surface area contributed by atoms with Crippen LogP contribution in [0.1, 0.15) is 15.9 Å². The highest BCUT2D eigenvalue weighted by Crippen LogP contribution is 2.25. The molecule has 0 N–H and O–H groups in total. The molecule has 0 aliphatic rings. The Labute approximate surface area is 131 Å². The van der Waals surface area contributed by atoms with Crippen molar-refractivity contribution in [3.8, 4) is 5.75 Å². The largest absolute Gasteiger partial charge is 0.496 e. The van der Waals surface area contributed by atoms with Gasteiger partial charge in [0.15, 0.2) is 15.6 Å². The van der Waals surface area contributed by atoms with Crippen LogP contribution < -0.4 is 4.74 Å². The van der Waals surface area contributed by atoms with Gasteiger partial charge in [-0.3, -0.25) is 4.79 Å². The highest BCUT2D eigenvalue weighted by atomic mass is 79.9. The zero-order chi connectivity index (χ0) is 15.6. The monoisotopic (exact) mass is 368 g/mol. The van der Waals surface area contributed by atoms with E-state index in [0.29, 0.717) is 16.9 Å². The molecule has 0 unspecified atom stereocenters. The first-order chi connectivity index (χ1) is 9.82. The van der Waals surface area contributed by atoms with E-state index >= 15 is 0 Å². The van der Waals surface area contributed by atoms with Crippen LogP contribution in [0.25, 0.3) is 0 Å². The van der Waals surface area contributed by atoms with Gasteiger partial charge in [0.05, 0.1) is 17.6 Å². The summed E-state index contributed by atoms with van der Waals surface area (Å²) in [6, 6.07) is 11.0. The normalized spacial score (nSPS) is 11.2. The lowest BCUT2D eigenvalue weighted by molar-refractivity contribution is 0.103. The molecule has 0 bridgehead atoms. The van der Waals surface area contributed by atoms with Gasteiger partial charge in [-0.25, -0.2) is 8.42 Å². The fourth-order valence-electron chi connectivity index (χ4n) is 1.87. The summed E-state index contributed by atoms with van der Waals surface area (Å²) in [5.74, 6) is 0.239. The van der Waals surface area contributed by atoms with Gasteiger partial charge in [-0.2, -0.15) is 0 Å². The zero-order valence-electron chi connectivity index (χ0n) is 11.5. The van der Waals surface area contributed by atoms with E-state index in [2.05, 4.69) is 15.9 Å². The Kier molecular flexibility index (Phi) is 4.49. The molecule has 4 nitrogen and oxygen atoms in total. The second-order valence-corrected chi connectivity index (χ2v) is 7.40. The van der Waals surface area contributed by atoms with E-state index in [1.807, 2.05) is 0 Å². The Balaban J connectivity index is 2.43. The average molecular weight is 369 g/mol. The number of carbonyl (C=O) groups excluding carboxylic acids is 1. The van der Waals surface area contributed by atoms with E-state index < -0.39 is 9.84 Å². The number of sulfone groups is 1. The fraction of sp³-hybridized carbons (Fsp3) is 0.133. The topological polar surface area (TPSA) is 60.4 Å². The summed E-state index contributed by atoms with van der Waals surface area (Å²) in [7, 11) is -1.78. The Hall–Kier alpha value is -1.66. The van der Waals surface area contributed by atoms with E-state index in [-0.39, 0.29) is 10.7 Å². The first kappa shape index (κ1) is 15.7. The molecule has 2 rings (SSSR count). The maximum Gasteiger partial charge on any atom is 0.196 e. The van der Waals surface area contributed by atoms with Crippen molar-refractivity contribution in [2.24, 2.45) is 0 Å². The summed E-state index contributed by atoms with van der Waals surface area (Å²) < 4.78 is 28.8. The molecule has 0 saturated heterocycles. The summed E-state index contributed by atoms with van der Waals surface area (Å²) in [5, 5.41) is 0. The lowest BCUT2D eigenvalue weighted by atomic mass is 10.0. The van der Waals surface area contributed by atoms with E-state index in [1.165, 1.54) is 31.4 Å². The molecule has 2 aromatic rings. The van der Waals surface area contributed by atoms with Crippen LogP contribution in [0.15, 0.2) is 51.8 Å². The molecule has 0 heterocycles. The van der Waals surface area contributed by atoms with Gasteiger partial charge < -0.3 is 4.74 Å². The molecule has 6 heteroatoms. The molecule has 0 radical (unpaired) electrons. The summed E-state index contributed by atoms with van der Waals surface area (Å²) in [6.07, 6.45) is 1.13. The van der Waals surface area contributed by atoms with E-state index in [0.717, 1.165) is 10.7 Å². The SMILES string of the molecule is COc1ccc(Br)cc1C(=O)c1ccc(S(C)(=O)=O)cc1. The molecular weight excluding hydrogens is 356 g/mol. The number of benzene rings is 2. The molecule has 21 heavy (non-hydrogen) atoms. The van der Waals surface area contributed by atoms with Crippen molar-refractivity contribution in [1.29, 1.82) is 0 Å². The number of rotatable bonds is 4. The third kappa shape index (κ3) is 3.51. The summed E-state index contributed by atoms with van der Waals surface area (Å²) in [6.45, 7) is 0. The van der Waals surface area contributed by atoms with Crippen LogP contribution in [0.4, 0.5) is 0 Å². The van der Waals surface area contributed by atoms with Crippen LogP contribution in [-0.2, 0) is 9.84 Å². The minimum absolute atomic E-state index is 0.181. The summed E-state index contributed by atoms with van der Waals surface area (Å²) >= 11 is 3.32. The van der Waals surface area contributed by atoms with Crippen molar-refractivity contribution in [2.75, 3.05) is 13.4 Å². The Morgan fingerprint density at radius 1 is 1.10 bits per heavy atom. The Bertz CT molecular complexity index is 780. The van der Waals surface area contributed by atoms with Crippen LogP contribution in [0.2, 0.25) is 0 Å². The van der Waals surface area contributed by atoms with Gasteiger partial charge in [0, 0.05) is 16.3 Å². The quantitative estimate of drug-likeness (QED) is 0.778. The van der Waals surface area contributed by atoms with E-state index in [4.69, 9.17) is 4.74 Å². The number of hydrogen-bond acceptors (Lipinski definition) is 4. The summed E-state index contributed by atoms with van der Waals surface area (Å²) in [4.78, 5) is 12.7. The van der Waals surface area contributed by atoms with Gasteiger partial charge in [0.25, 0.3) is 0 Å². The van der Waals surface area contributed by atoms with Crippen molar-refractivity contribution >= 4 is 31.6 Å². The van der Waals surface area contributed by atoms with Crippen molar-refractivity contribution in [2.45, 2.75) is 4.90 Å². The first-order valence-corrected chi connectivity index (χ1v) is 8.69. The molecule has 0 amide bonds. The fourth-order valence-corrected chi connectivity index (χ4v) is 2.86. The highest BCUT2D eigenvalue weighted by molar-refractivity contribution is 9.10. The maximum absolute atomic E-state index is 12.5. The lowest BCUT2D eigenvalue weighted by Gasteiger charge is -2.08. The Morgan fingerprint density at radius 2 is 1.71 bits per heavy atom. The second kappa shape index (κ2) is 5.99. The van der Waals surface area contributed by atoms with Crippen molar-refractivity contribution in [3.05, 3.63) is 58.1 Å². The third-order valence-electron chi connectivity index (χ3n) is 2.95. The maximum atomic E-state index is 12.5. The molecule has 0 saturated carbocycles. The van der Waals surface area contributed by atoms with Crippen LogP contribution in [-0.4, -0.2) is 27.6 Å². The van der Waals surface area contributed by atoms with Crippen molar-refractivity contribution in [3.63, 3.8) is 0 Å². The lowest BCUT2D eigenvalue weighted by Crippen LogP contribution is -2.05. The second-order valence-electron chi connectivity index (χ2n) is 4.47. The highest BCUT2D eigenvalue weighted by Gasteiger charge is 2.16. The molecule has 0 fully saturated rings. The predicted octanol–water partition coefficient (Wildman–Crippen LogP) is 3.09. The number of halogens is 1. The van der Waals surface area contributed by atoms with Crippen molar-refractivity contribution < 1.29 is 17.9 Å². The minimum atomic E-state index is -3.27. The Morgan fingerprint density at radius 3 is 2.24 bits per heavy atom. The van der Waals surface area contributed by atoms with Crippen LogP contribution in [0.3, 0.4) is 0 Å². The number of carbonyl (C=O) groups is 1. The molecule has 110 valence electrons. The standard InChI is InChI=1S/C15H13BrO4S/c1-20-14-8-5-11(16)9-13(14)15(17)10-3-6-12(7-4-10)21(2,18)19/h3-9H,1-2H3. The minimum Gasteiger partial charge on any atom is -0.496 e. The van der Waals surface area contributed by atoms with Crippen LogP contribution in [0, 0.1) is 0 Å².